The first-order valence-corrected chi connectivity index (χ1v) is 51.3. The summed E-state index contributed by atoms with van der Waals surface area (Å²) < 4.78 is 11.5. The number of rotatable bonds is 3. The molecule has 15 aromatic rings. The van der Waals surface area contributed by atoms with E-state index in [1.165, 1.54) is 143 Å². The van der Waals surface area contributed by atoms with E-state index < -0.39 is 0 Å². The first-order chi connectivity index (χ1) is 57.7. The van der Waals surface area contributed by atoms with E-state index in [0.29, 0.717) is 0 Å². The van der Waals surface area contributed by atoms with E-state index in [4.69, 9.17) is 0 Å². The van der Waals surface area contributed by atoms with Gasteiger partial charge < -0.3 is 0 Å². The van der Waals surface area contributed by atoms with Gasteiger partial charge in [0.05, 0.1) is 0 Å². The van der Waals surface area contributed by atoms with Gasteiger partial charge in [0, 0.05) is 87.7 Å². The van der Waals surface area contributed by atoms with Gasteiger partial charge in [0.25, 0.3) is 0 Å². The highest BCUT2D eigenvalue weighted by atomic mass is 32.1. The third-order valence-corrected chi connectivity index (χ3v) is 24.5. The predicted molar refractivity (Wildman–Crippen MR) is 584 cm³/mol. The minimum atomic E-state index is 0. The van der Waals surface area contributed by atoms with Crippen LogP contribution < -0.4 is 0 Å². The molecule has 0 N–H and O–H groups in total. The Kier molecular flexibility index (Phi) is 85.5. The normalized spacial score (nSPS) is 8.55. The molecule has 0 aliphatic carbocycles. The highest BCUT2D eigenvalue weighted by Crippen LogP contribution is 2.40. The molecule has 0 radical (unpaired) electrons. The lowest BCUT2D eigenvalue weighted by atomic mass is 10.0. The average molecular weight is 1790 g/mol. The van der Waals surface area contributed by atoms with Gasteiger partial charge in [-0.05, 0) is 228 Å². The molecule has 0 spiro atoms. The van der Waals surface area contributed by atoms with Crippen molar-refractivity contribution in [1.82, 2.24) is 0 Å². The highest BCUT2D eigenvalue weighted by Gasteiger charge is 2.09. The number of fused-ring (bicyclic) bond motifs is 4. The average Bonchev–Trinajstić information content (AvgIpc) is 1.70. The van der Waals surface area contributed by atoms with Crippen LogP contribution in [0, 0.1) is 121 Å². The Morgan fingerprint density at radius 3 is 0.583 bits per heavy atom. The van der Waals surface area contributed by atoms with Gasteiger partial charge in [0.1, 0.15) is 0 Å². The minimum absolute atomic E-state index is 0. The Hall–Kier alpha value is -7.22. The summed E-state index contributed by atoms with van der Waals surface area (Å²) >= 11 is 16.9. The standard InChI is InChI=1S/2C14H12S2.C14H14.2C10H10.2C8H8S2.C6H8S.13C2H6.CH4/c2*1-9-3-5-11(6-4-9)12-8-14-13(16-12)7-10(2)15-14;1-11-3-7-13(8-4-11)14-9-5-12(2)6-10-14;2*1-3-4-10-7-5-9(2)6-8-10;1-5-3-9-8-6(2)4-10-7(5)8;1-5-3-7-8(9-5)4-6(2)10-7;1-5-3-4-6(2)7-5;13*1-2;/h2*3-8H,1-2H3;3-10H,1-2H3;2*5-8H,1-2H3;2*3-4H,1-2H3;3-4H,1-2H3;13*1-2H3;1H4. The second-order valence-corrected chi connectivity index (χ2v) is 33.5. The predicted octanol–water partition coefficient (Wildman–Crippen LogP) is 42.7. The van der Waals surface area contributed by atoms with E-state index >= 15 is 0 Å². The van der Waals surface area contributed by atoms with Crippen LogP contribution in [0.1, 0.15) is 286 Å². The lowest BCUT2D eigenvalue weighted by Gasteiger charge is -2.02. The molecular formula is C111H164S9. The van der Waals surface area contributed by atoms with Crippen molar-refractivity contribution < 1.29 is 0 Å². The van der Waals surface area contributed by atoms with Crippen LogP contribution in [0.2, 0.25) is 0 Å². The molecule has 0 saturated carbocycles. The maximum atomic E-state index is 2.98. The second kappa shape index (κ2) is 81.4. The van der Waals surface area contributed by atoms with Crippen molar-refractivity contribution in [2.24, 2.45) is 0 Å². The van der Waals surface area contributed by atoms with Crippen LogP contribution in [0.25, 0.3) is 69.6 Å². The Balaban J connectivity index is -0.000000235. The molecular weight excluding hydrogens is 1620 g/mol. The monoisotopic (exact) mass is 1790 g/mol. The van der Waals surface area contributed by atoms with Crippen molar-refractivity contribution in [1.29, 1.82) is 0 Å². The fourth-order valence-corrected chi connectivity index (χ4v) is 19.3. The quantitative estimate of drug-likeness (QED) is 0.155. The molecule has 9 heteroatoms. The van der Waals surface area contributed by atoms with E-state index in [-0.39, 0.29) is 7.43 Å². The fourth-order valence-electron chi connectivity index (χ4n) is 9.37. The van der Waals surface area contributed by atoms with Gasteiger partial charge in [-0.15, -0.1) is 114 Å². The molecule has 9 heterocycles. The van der Waals surface area contributed by atoms with Gasteiger partial charge in [-0.25, -0.2) is 0 Å². The molecule has 0 atom stereocenters. The number of hydrogen-bond donors (Lipinski definition) is 0. The third kappa shape index (κ3) is 51.0. The number of benzene rings is 6. The molecule has 662 valence electrons. The van der Waals surface area contributed by atoms with Crippen molar-refractivity contribution in [2.45, 2.75) is 298 Å². The van der Waals surface area contributed by atoms with Crippen molar-refractivity contribution >= 4 is 140 Å². The van der Waals surface area contributed by atoms with Crippen molar-refractivity contribution in [3.63, 3.8) is 0 Å². The Morgan fingerprint density at radius 1 is 0.200 bits per heavy atom. The molecule has 120 heavy (non-hydrogen) atoms. The molecule has 0 saturated heterocycles. The zero-order chi connectivity index (χ0) is 92.6. The fraction of sp³-hybridized carbons (Fsp3) is 0.387. The van der Waals surface area contributed by atoms with E-state index in [9.17, 15) is 0 Å². The van der Waals surface area contributed by atoms with Crippen LogP contribution in [0.15, 0.2) is 205 Å². The van der Waals surface area contributed by atoms with Gasteiger partial charge in [0.2, 0.25) is 0 Å². The maximum absolute atomic E-state index is 2.98. The summed E-state index contributed by atoms with van der Waals surface area (Å²) in [5.74, 6) is 11.7. The SMILES string of the molecule is C.CC.CC.CC.CC.CC.CC.CC.CC.CC.CC.CC.CC.CC.CC#Cc1ccc(C)cc1.CC#Cc1ccc(C)cc1.Cc1cc2sc(C)cc2s1.Cc1ccc(-c2cc3sc(C)cc3s2)cc1.Cc1ccc(-c2cc3sc(C)cc3s2)cc1.Cc1ccc(-c2ccc(C)cc2)cc1.Cc1ccc(C)s1.Cc1csc2c(C)csc12. The molecule has 0 bridgehead atoms. The molecule has 9 aromatic heterocycles. The number of hydrogen-bond acceptors (Lipinski definition) is 9. The second-order valence-electron chi connectivity index (χ2n) is 22.9. The first-order valence-electron chi connectivity index (χ1n) is 43.9. The van der Waals surface area contributed by atoms with Crippen LogP contribution in [0.3, 0.4) is 0 Å². The Morgan fingerprint density at radius 2 is 0.392 bits per heavy atom. The van der Waals surface area contributed by atoms with Crippen LogP contribution in [0.5, 0.6) is 0 Å². The van der Waals surface area contributed by atoms with Crippen molar-refractivity contribution in [3.05, 3.63) is 290 Å². The van der Waals surface area contributed by atoms with E-state index in [1.54, 1.807) is 0 Å². The lowest BCUT2D eigenvalue weighted by molar-refractivity contribution is 1.45. The zero-order valence-electron chi connectivity index (χ0n) is 82.3. The highest BCUT2D eigenvalue weighted by molar-refractivity contribution is 7.30. The molecule has 0 aliphatic heterocycles. The summed E-state index contributed by atoms with van der Waals surface area (Å²) in [6.07, 6.45) is 0. The Labute approximate surface area is 776 Å². The first kappa shape index (κ1) is 126. The van der Waals surface area contributed by atoms with E-state index in [2.05, 4.69) is 301 Å². The van der Waals surface area contributed by atoms with Crippen LogP contribution in [-0.4, -0.2) is 0 Å². The number of thiophene rings is 9. The summed E-state index contributed by atoms with van der Waals surface area (Å²) in [7, 11) is 0. The van der Waals surface area contributed by atoms with E-state index in [0.717, 1.165) is 11.1 Å². The zero-order valence-corrected chi connectivity index (χ0v) is 89.7. The molecule has 0 unspecified atom stereocenters. The summed E-state index contributed by atoms with van der Waals surface area (Å²) in [6, 6.07) is 69.2. The largest absolute Gasteiger partial charge is 0.146 e. The maximum Gasteiger partial charge on any atom is 0.0482 e. The smallest absolute Gasteiger partial charge is 0.0482 e. The van der Waals surface area contributed by atoms with Gasteiger partial charge in [0.15, 0.2) is 0 Å². The van der Waals surface area contributed by atoms with E-state index in [1.807, 2.05) is 320 Å². The topological polar surface area (TPSA) is 0 Å². The van der Waals surface area contributed by atoms with Crippen molar-refractivity contribution in [3.8, 4) is 55.7 Å². The number of aryl methyl sites for hydroxylation is 14. The summed E-state index contributed by atoms with van der Waals surface area (Å²) in [4.78, 5) is 11.2. The molecule has 0 aliphatic rings. The minimum Gasteiger partial charge on any atom is -0.146 e. The Bertz CT molecular complexity index is 4470. The molecule has 15 rings (SSSR count). The lowest BCUT2D eigenvalue weighted by Crippen LogP contribution is -1.78. The van der Waals surface area contributed by atoms with Gasteiger partial charge >= 0.3 is 0 Å². The van der Waals surface area contributed by atoms with Crippen molar-refractivity contribution in [2.75, 3.05) is 0 Å². The van der Waals surface area contributed by atoms with Gasteiger partial charge in [-0.3, -0.25) is 0 Å². The van der Waals surface area contributed by atoms with Crippen LogP contribution in [0.4, 0.5) is 0 Å². The van der Waals surface area contributed by atoms with Crippen LogP contribution >= 0.6 is 102 Å². The summed E-state index contributed by atoms with van der Waals surface area (Å²) in [6.45, 7) is 85.6. The summed E-state index contributed by atoms with van der Waals surface area (Å²) in [5.41, 5.74) is 18.1. The third-order valence-electron chi connectivity index (χ3n) is 14.4. The van der Waals surface area contributed by atoms with Crippen LogP contribution in [-0.2, 0) is 0 Å². The molecule has 0 fully saturated rings. The van der Waals surface area contributed by atoms with Gasteiger partial charge in [-0.2, -0.15) is 0 Å². The molecule has 0 nitrogen and oxygen atoms in total. The molecule has 0 amide bonds. The van der Waals surface area contributed by atoms with Gasteiger partial charge in [-0.1, -0.05) is 354 Å². The molecule has 6 aromatic carbocycles. The summed E-state index contributed by atoms with van der Waals surface area (Å²) in [5, 5.41) is 4.46.